The van der Waals surface area contributed by atoms with Crippen molar-refractivity contribution in [1.29, 1.82) is 0 Å². The molecule has 1 aliphatic carbocycles. The van der Waals surface area contributed by atoms with E-state index >= 15 is 0 Å². The number of hydrogen-bond acceptors (Lipinski definition) is 9. The average molecular weight is 598 g/mol. The third-order valence-electron chi connectivity index (χ3n) is 8.72. The lowest BCUT2D eigenvalue weighted by Crippen LogP contribution is -2.68. The number of hydrogen-bond donors (Lipinski definition) is 3. The normalized spacial score (nSPS) is 25.2. The smallest absolute Gasteiger partial charge is 0.294 e. The van der Waals surface area contributed by atoms with Gasteiger partial charge in [0.15, 0.2) is 5.75 Å². The molecule has 2 atom stereocenters. The molecule has 0 spiro atoms. The molecule has 3 aliphatic rings. The fourth-order valence-electron chi connectivity index (χ4n) is 6.00. The van der Waals surface area contributed by atoms with Crippen molar-refractivity contribution in [2.45, 2.75) is 62.7 Å². The van der Waals surface area contributed by atoms with E-state index in [-0.39, 0.29) is 42.7 Å². The Bertz CT molecular complexity index is 1550. The van der Waals surface area contributed by atoms with Crippen LogP contribution < -0.4 is 20.1 Å². The number of amides is 2. The van der Waals surface area contributed by atoms with Gasteiger partial charge in [0.25, 0.3) is 11.8 Å². The number of methoxy groups -OCH3 is 2. The van der Waals surface area contributed by atoms with Crippen molar-refractivity contribution >= 4 is 22.8 Å². The first-order valence-electron chi connectivity index (χ1n) is 14.2. The first kappa shape index (κ1) is 29.4. The minimum Gasteiger partial charge on any atom is -0.496 e. The van der Waals surface area contributed by atoms with E-state index in [9.17, 15) is 19.1 Å². The highest BCUT2D eigenvalue weighted by Gasteiger charge is 2.53. The topological polar surface area (TPSA) is 132 Å². The Morgan fingerprint density at radius 3 is 2.60 bits per heavy atom. The largest absolute Gasteiger partial charge is 0.496 e. The molecule has 3 aromatic rings. The Labute approximate surface area is 248 Å². The van der Waals surface area contributed by atoms with Gasteiger partial charge in [0, 0.05) is 30.8 Å². The summed E-state index contributed by atoms with van der Waals surface area (Å²) in [4.78, 5) is 28.8. The van der Waals surface area contributed by atoms with Gasteiger partial charge >= 0.3 is 0 Å². The number of carbonyl (C=O) groups excluding carboxylic acids is 2. The summed E-state index contributed by atoms with van der Waals surface area (Å²) in [6, 6.07) is 8.84. The van der Waals surface area contributed by atoms with E-state index in [1.807, 2.05) is 6.92 Å². The Balaban J connectivity index is 1.29. The molecule has 230 valence electrons. The lowest BCUT2D eigenvalue weighted by Gasteiger charge is -2.51. The summed E-state index contributed by atoms with van der Waals surface area (Å²) in [5, 5.41) is 18.1. The lowest BCUT2D eigenvalue weighted by atomic mass is 9.83. The van der Waals surface area contributed by atoms with Gasteiger partial charge in [0.2, 0.25) is 5.76 Å². The molecule has 11 nitrogen and oxygen atoms in total. The molecule has 3 N–H and O–H groups in total. The van der Waals surface area contributed by atoms with Crippen LogP contribution in [0.15, 0.2) is 40.8 Å². The van der Waals surface area contributed by atoms with E-state index < -0.39 is 29.0 Å². The van der Waals surface area contributed by atoms with Crippen molar-refractivity contribution in [2.75, 3.05) is 34.0 Å². The molecule has 1 saturated carbocycles. The van der Waals surface area contributed by atoms with Crippen LogP contribution in [-0.2, 0) is 16.0 Å². The number of ether oxygens (including phenoxy) is 4. The number of aliphatic hydroxyl groups is 1. The molecule has 6 rings (SSSR count). The lowest BCUT2D eigenvalue weighted by molar-refractivity contribution is -0.0997. The molecule has 12 heteroatoms. The molecular formula is C31H36FN3O8. The summed E-state index contributed by atoms with van der Waals surface area (Å²) >= 11 is 0. The molecule has 2 unspecified atom stereocenters. The quantitative estimate of drug-likeness (QED) is 0.319. The number of aliphatic hydroxyl groups excluding tert-OH is 1. The molecule has 1 saturated heterocycles. The van der Waals surface area contributed by atoms with Crippen LogP contribution in [0.4, 0.5) is 4.39 Å². The van der Waals surface area contributed by atoms with E-state index in [1.54, 1.807) is 37.1 Å². The summed E-state index contributed by atoms with van der Waals surface area (Å²) in [6.45, 7) is 4.54. The number of fused-ring (bicyclic) bond motifs is 3. The number of carbonyl (C=O) groups is 2. The Hall–Kier alpha value is -3.71. The molecule has 1 aromatic heterocycles. The molecule has 2 aliphatic heterocycles. The molecule has 0 bridgehead atoms. The minimum absolute atomic E-state index is 0.00416. The van der Waals surface area contributed by atoms with Gasteiger partial charge in [0.1, 0.15) is 35.5 Å². The van der Waals surface area contributed by atoms with Crippen LogP contribution in [0, 0.1) is 5.82 Å². The molecule has 2 aromatic carbocycles. The number of halogens is 1. The first-order chi connectivity index (χ1) is 20.5. The monoisotopic (exact) mass is 597 g/mol. The number of rotatable bonds is 9. The van der Waals surface area contributed by atoms with Crippen LogP contribution in [0.25, 0.3) is 11.0 Å². The average Bonchev–Trinajstić information content (AvgIpc) is 3.28. The van der Waals surface area contributed by atoms with Gasteiger partial charge in [-0.25, -0.2) is 4.39 Å². The second-order valence-electron chi connectivity index (χ2n) is 12.0. The summed E-state index contributed by atoms with van der Waals surface area (Å²) in [5.41, 5.74) is -0.432. The summed E-state index contributed by atoms with van der Waals surface area (Å²) in [7, 11) is 3.11. The van der Waals surface area contributed by atoms with Crippen molar-refractivity contribution in [3.8, 4) is 11.5 Å². The Kier molecular flexibility index (Phi) is 7.57. The van der Waals surface area contributed by atoms with Crippen molar-refractivity contribution in [3.63, 3.8) is 0 Å². The molecule has 3 heterocycles. The van der Waals surface area contributed by atoms with E-state index in [0.29, 0.717) is 53.9 Å². The van der Waals surface area contributed by atoms with Gasteiger partial charge in [-0.1, -0.05) is 0 Å². The summed E-state index contributed by atoms with van der Waals surface area (Å²) in [5.74, 6) is -0.439. The Morgan fingerprint density at radius 2 is 1.93 bits per heavy atom. The van der Waals surface area contributed by atoms with Gasteiger partial charge in [-0.15, -0.1) is 0 Å². The van der Waals surface area contributed by atoms with E-state index in [2.05, 4.69) is 10.6 Å². The number of furan rings is 1. The van der Waals surface area contributed by atoms with Crippen LogP contribution in [0.1, 0.15) is 53.2 Å². The number of nitrogens with one attached hydrogen (secondary N) is 2. The molecule has 43 heavy (non-hydrogen) atoms. The zero-order chi connectivity index (χ0) is 30.5. The van der Waals surface area contributed by atoms with Gasteiger partial charge < -0.3 is 38.7 Å². The van der Waals surface area contributed by atoms with Crippen molar-refractivity contribution in [2.24, 2.45) is 0 Å². The summed E-state index contributed by atoms with van der Waals surface area (Å²) < 4.78 is 42.3. The Morgan fingerprint density at radius 1 is 1.16 bits per heavy atom. The van der Waals surface area contributed by atoms with Gasteiger partial charge in [-0.2, -0.15) is 0 Å². The molecular weight excluding hydrogens is 561 g/mol. The molecule has 2 amide bonds. The highest BCUT2D eigenvalue weighted by molar-refractivity contribution is 6.04. The third-order valence-corrected chi connectivity index (χ3v) is 8.72. The highest BCUT2D eigenvalue weighted by atomic mass is 19.1. The van der Waals surface area contributed by atoms with Crippen LogP contribution in [-0.4, -0.2) is 85.3 Å². The first-order valence-corrected chi connectivity index (χ1v) is 14.2. The van der Waals surface area contributed by atoms with Crippen molar-refractivity contribution in [3.05, 3.63) is 59.1 Å². The third kappa shape index (κ3) is 5.22. The van der Waals surface area contributed by atoms with Crippen LogP contribution in [0.3, 0.4) is 0 Å². The predicted molar refractivity (Wildman–Crippen MR) is 153 cm³/mol. The standard InChI is InChI=1S/C31H36FN3O8/c1-30(14-41-15-30)34-27(36)17-5-7-22-24(10-17)43-26-25(22)42-16-31(2,35(28(26)37)20-11-21(12-20)39-3)29(38)33-13-18-9-19(32)6-8-23(18)40-4/h5-10,20-21,29,33,38H,11-16H2,1-4H3,(H,34,36)/t20-,21+,29?,31?. The summed E-state index contributed by atoms with van der Waals surface area (Å²) in [6.07, 6.45) is -0.143. The van der Waals surface area contributed by atoms with E-state index in [1.165, 1.54) is 25.3 Å². The van der Waals surface area contributed by atoms with Gasteiger partial charge in [0.05, 0.1) is 37.4 Å². The van der Waals surface area contributed by atoms with Crippen molar-refractivity contribution < 1.29 is 42.5 Å². The van der Waals surface area contributed by atoms with Crippen LogP contribution in [0.5, 0.6) is 11.5 Å². The maximum atomic E-state index is 14.2. The predicted octanol–water partition coefficient (Wildman–Crippen LogP) is 2.98. The fraction of sp³-hybridized carbons (Fsp3) is 0.484. The highest BCUT2D eigenvalue weighted by Crippen LogP contribution is 2.43. The maximum absolute atomic E-state index is 14.2. The zero-order valence-corrected chi connectivity index (χ0v) is 24.6. The number of nitrogens with zero attached hydrogens (tertiary/aromatic N) is 1. The zero-order valence-electron chi connectivity index (χ0n) is 24.6. The van der Waals surface area contributed by atoms with E-state index in [0.717, 1.165) is 0 Å². The maximum Gasteiger partial charge on any atom is 0.294 e. The SMILES string of the molecule is COc1ccc(F)cc1CNC(O)C1(C)COc2c(oc3cc(C(=O)NC4(C)COC4)ccc23)C(=O)N1[C@H]1C[C@@H](OC)C1. The molecule has 2 fully saturated rings. The number of benzene rings is 2. The second kappa shape index (κ2) is 11.1. The van der Waals surface area contributed by atoms with E-state index in [4.69, 9.17) is 23.4 Å². The van der Waals surface area contributed by atoms with Crippen molar-refractivity contribution in [1.82, 2.24) is 15.5 Å². The van der Waals surface area contributed by atoms with Crippen LogP contribution in [0.2, 0.25) is 0 Å². The second-order valence-corrected chi connectivity index (χ2v) is 12.0. The fourth-order valence-corrected chi connectivity index (χ4v) is 6.00. The van der Waals surface area contributed by atoms with Gasteiger partial charge in [-0.3, -0.25) is 14.9 Å². The van der Waals surface area contributed by atoms with Gasteiger partial charge in [-0.05, 0) is 63.1 Å². The minimum atomic E-state index is -1.27. The van der Waals surface area contributed by atoms with Crippen LogP contribution >= 0.6 is 0 Å². The molecule has 0 radical (unpaired) electrons.